The molecule has 20 heavy (non-hydrogen) atoms. The van der Waals surface area contributed by atoms with Crippen molar-refractivity contribution >= 4 is 16.6 Å². The zero-order chi connectivity index (χ0) is 13.5. The molecule has 3 aromatic rings. The summed E-state index contributed by atoms with van der Waals surface area (Å²) in [6.07, 6.45) is 0.591. The average molecular weight is 258 g/mol. The molecular formula is C19H14O. The van der Waals surface area contributed by atoms with Crippen LogP contribution in [0.5, 0.6) is 0 Å². The van der Waals surface area contributed by atoms with Crippen LogP contribution >= 0.6 is 0 Å². The second-order valence-corrected chi connectivity index (χ2v) is 5.34. The maximum absolute atomic E-state index is 12.5. The molecule has 0 saturated carbocycles. The fourth-order valence-corrected chi connectivity index (χ4v) is 3.27. The van der Waals surface area contributed by atoms with Crippen molar-refractivity contribution in [2.45, 2.75) is 12.3 Å². The first-order chi connectivity index (χ1) is 9.84. The Kier molecular flexibility index (Phi) is 2.46. The summed E-state index contributed by atoms with van der Waals surface area (Å²) in [5, 5.41) is 2.24. The largest absolute Gasteiger partial charge is 0.294 e. The van der Waals surface area contributed by atoms with Crippen molar-refractivity contribution in [3.8, 4) is 0 Å². The van der Waals surface area contributed by atoms with Gasteiger partial charge in [-0.2, -0.15) is 0 Å². The summed E-state index contributed by atoms with van der Waals surface area (Å²) >= 11 is 0. The molecule has 3 aromatic carbocycles. The Morgan fingerprint density at radius 2 is 1.55 bits per heavy atom. The Hall–Kier alpha value is -2.41. The molecule has 0 spiro atoms. The zero-order valence-corrected chi connectivity index (χ0v) is 11.0. The second kappa shape index (κ2) is 4.31. The predicted octanol–water partition coefficient (Wildman–Crippen LogP) is 4.56. The van der Waals surface area contributed by atoms with Gasteiger partial charge in [0.05, 0.1) is 0 Å². The molecule has 0 radical (unpaired) electrons. The highest BCUT2D eigenvalue weighted by atomic mass is 16.1. The highest BCUT2D eigenvalue weighted by Gasteiger charge is 2.31. The van der Waals surface area contributed by atoms with Crippen LogP contribution in [0.25, 0.3) is 10.8 Å². The number of fused-ring (bicyclic) bond motifs is 3. The lowest BCUT2D eigenvalue weighted by Gasteiger charge is -2.11. The lowest BCUT2D eigenvalue weighted by molar-refractivity contribution is 0.0993. The summed E-state index contributed by atoms with van der Waals surface area (Å²) in [6.45, 7) is 0. The van der Waals surface area contributed by atoms with Crippen molar-refractivity contribution in [3.05, 3.63) is 83.4 Å². The van der Waals surface area contributed by atoms with Crippen molar-refractivity contribution < 1.29 is 4.79 Å². The van der Waals surface area contributed by atoms with Crippen LogP contribution in [0.1, 0.15) is 33.8 Å². The van der Waals surface area contributed by atoms with Crippen molar-refractivity contribution in [1.29, 1.82) is 0 Å². The predicted molar refractivity (Wildman–Crippen MR) is 81.2 cm³/mol. The molecule has 0 heterocycles. The standard InChI is InChI=1S/C19H14O/c20-18-12-17(13-6-2-1-3-7-13)16-11-10-14-8-4-5-9-15(14)19(16)18/h1-11,17H,12H2/t17-/m0/s1. The van der Waals surface area contributed by atoms with E-state index in [-0.39, 0.29) is 11.7 Å². The Bertz CT molecular complexity index is 802. The van der Waals surface area contributed by atoms with Crippen LogP contribution in [-0.2, 0) is 0 Å². The monoisotopic (exact) mass is 258 g/mol. The number of rotatable bonds is 1. The molecular weight excluding hydrogens is 244 g/mol. The van der Waals surface area contributed by atoms with E-state index >= 15 is 0 Å². The van der Waals surface area contributed by atoms with Crippen molar-refractivity contribution in [3.63, 3.8) is 0 Å². The molecule has 0 fully saturated rings. The van der Waals surface area contributed by atoms with Gasteiger partial charge in [-0.25, -0.2) is 0 Å². The van der Waals surface area contributed by atoms with Gasteiger partial charge in [0.15, 0.2) is 5.78 Å². The minimum atomic E-state index is 0.211. The van der Waals surface area contributed by atoms with Crippen molar-refractivity contribution in [1.82, 2.24) is 0 Å². The molecule has 0 N–H and O–H groups in total. The number of Topliss-reactive ketones (excluding diaryl/α,β-unsaturated/α-hetero) is 1. The van der Waals surface area contributed by atoms with E-state index in [0.29, 0.717) is 6.42 Å². The average Bonchev–Trinajstić information content (AvgIpc) is 2.86. The van der Waals surface area contributed by atoms with Gasteiger partial charge >= 0.3 is 0 Å². The van der Waals surface area contributed by atoms with Gasteiger partial charge in [-0.05, 0) is 21.9 Å². The van der Waals surface area contributed by atoms with E-state index in [1.807, 2.05) is 30.3 Å². The second-order valence-electron chi connectivity index (χ2n) is 5.34. The Labute approximate surface area is 117 Å². The molecule has 1 aliphatic carbocycles. The Balaban J connectivity index is 1.96. The third kappa shape index (κ3) is 1.60. The van der Waals surface area contributed by atoms with Gasteiger partial charge in [0.1, 0.15) is 0 Å². The molecule has 0 amide bonds. The van der Waals surface area contributed by atoms with E-state index in [1.54, 1.807) is 0 Å². The molecule has 1 nitrogen and oxygen atoms in total. The number of carbonyl (C=O) groups is 1. The van der Waals surface area contributed by atoms with E-state index < -0.39 is 0 Å². The lowest BCUT2D eigenvalue weighted by atomic mass is 9.92. The summed E-state index contributed by atoms with van der Waals surface area (Å²) < 4.78 is 0. The highest BCUT2D eigenvalue weighted by molar-refractivity contribution is 6.12. The van der Waals surface area contributed by atoms with E-state index in [1.165, 1.54) is 11.1 Å². The van der Waals surface area contributed by atoms with Crippen molar-refractivity contribution in [2.24, 2.45) is 0 Å². The van der Waals surface area contributed by atoms with Gasteiger partial charge < -0.3 is 0 Å². The normalized spacial score (nSPS) is 17.4. The van der Waals surface area contributed by atoms with Crippen LogP contribution < -0.4 is 0 Å². The molecule has 96 valence electrons. The quantitative estimate of drug-likeness (QED) is 0.625. The Morgan fingerprint density at radius 3 is 2.40 bits per heavy atom. The van der Waals surface area contributed by atoms with Crippen LogP contribution in [0.15, 0.2) is 66.7 Å². The first-order valence-electron chi connectivity index (χ1n) is 6.94. The Morgan fingerprint density at radius 1 is 0.800 bits per heavy atom. The first kappa shape index (κ1) is 11.4. The number of hydrogen-bond acceptors (Lipinski definition) is 1. The molecule has 1 heteroatoms. The topological polar surface area (TPSA) is 17.1 Å². The summed E-state index contributed by atoms with van der Waals surface area (Å²) in [5.74, 6) is 0.481. The van der Waals surface area contributed by atoms with Gasteiger partial charge in [0.25, 0.3) is 0 Å². The highest BCUT2D eigenvalue weighted by Crippen LogP contribution is 2.41. The van der Waals surface area contributed by atoms with Gasteiger partial charge in [0.2, 0.25) is 0 Å². The van der Waals surface area contributed by atoms with Gasteiger partial charge in [-0.15, -0.1) is 0 Å². The minimum Gasteiger partial charge on any atom is -0.294 e. The summed E-state index contributed by atoms with van der Waals surface area (Å²) in [4.78, 5) is 12.5. The number of benzene rings is 3. The maximum atomic E-state index is 12.5. The van der Waals surface area contributed by atoms with Crippen LogP contribution in [0.4, 0.5) is 0 Å². The van der Waals surface area contributed by atoms with Crippen LogP contribution in [0.3, 0.4) is 0 Å². The van der Waals surface area contributed by atoms with Crippen molar-refractivity contribution in [2.75, 3.05) is 0 Å². The van der Waals surface area contributed by atoms with Crippen LogP contribution in [0, 0.1) is 0 Å². The molecule has 1 aliphatic rings. The van der Waals surface area contributed by atoms with E-state index in [0.717, 1.165) is 16.3 Å². The number of hydrogen-bond donors (Lipinski definition) is 0. The number of ketones is 1. The SMILES string of the molecule is O=C1C[C@@H](c2ccccc2)c2ccc3ccccc3c21. The third-order valence-corrected chi connectivity index (χ3v) is 4.21. The van der Waals surface area contributed by atoms with Gasteiger partial charge in [-0.3, -0.25) is 4.79 Å². The fraction of sp³-hybridized carbons (Fsp3) is 0.105. The van der Waals surface area contributed by atoms with E-state index in [2.05, 4.69) is 36.4 Å². The molecule has 0 saturated heterocycles. The summed E-state index contributed by atoms with van der Waals surface area (Å²) in [7, 11) is 0. The lowest BCUT2D eigenvalue weighted by Crippen LogP contribution is -1.95. The van der Waals surface area contributed by atoms with Crippen LogP contribution in [0.2, 0.25) is 0 Å². The molecule has 4 rings (SSSR count). The molecule has 0 aromatic heterocycles. The molecule has 0 aliphatic heterocycles. The summed E-state index contributed by atoms with van der Waals surface area (Å²) in [5.41, 5.74) is 3.34. The van der Waals surface area contributed by atoms with Gasteiger partial charge in [0, 0.05) is 17.9 Å². The van der Waals surface area contributed by atoms with Gasteiger partial charge in [-0.1, -0.05) is 66.7 Å². The zero-order valence-electron chi connectivity index (χ0n) is 11.0. The maximum Gasteiger partial charge on any atom is 0.164 e. The number of carbonyl (C=O) groups excluding carboxylic acids is 1. The smallest absolute Gasteiger partial charge is 0.164 e. The van der Waals surface area contributed by atoms with Crippen LogP contribution in [-0.4, -0.2) is 5.78 Å². The fourth-order valence-electron chi connectivity index (χ4n) is 3.27. The molecule has 0 bridgehead atoms. The van der Waals surface area contributed by atoms with E-state index in [4.69, 9.17) is 0 Å². The first-order valence-corrected chi connectivity index (χ1v) is 6.94. The molecule has 0 unspecified atom stereocenters. The summed E-state index contributed by atoms with van der Waals surface area (Å²) in [6, 6.07) is 22.7. The minimum absolute atomic E-state index is 0.211. The van der Waals surface area contributed by atoms with E-state index in [9.17, 15) is 4.79 Å². The molecule has 1 atom stereocenters. The third-order valence-electron chi connectivity index (χ3n) is 4.21.